The Labute approximate surface area is 107 Å². The summed E-state index contributed by atoms with van der Waals surface area (Å²) >= 11 is 0. The lowest BCUT2D eigenvalue weighted by Crippen LogP contribution is -2.04. The molecule has 3 N–H and O–H groups in total. The Morgan fingerprint density at radius 2 is 1.89 bits per heavy atom. The van der Waals surface area contributed by atoms with Crippen molar-refractivity contribution < 1.29 is 17.7 Å². The van der Waals surface area contributed by atoms with Crippen molar-refractivity contribution in [2.24, 2.45) is 0 Å². The standard InChI is InChI=1S/C12H19NO3S.FH/c1-2-3-4-5-6-10-9-11(13)7-8-12(10)17(14,15)16;/h7-9H,2-6,13H2,1H3,(H,14,15,16);1H. The molecule has 6 heteroatoms. The SMILES string of the molecule is CCCCCCc1cc(N)ccc1S(=O)(=O)O.F. The zero-order valence-electron chi connectivity index (χ0n) is 10.4. The van der Waals surface area contributed by atoms with Crippen LogP contribution in [0.5, 0.6) is 0 Å². The molecule has 0 unspecified atom stereocenters. The Bertz CT molecular complexity index is 474. The largest absolute Gasteiger partial charge is 0.399 e. The second-order valence-corrected chi connectivity index (χ2v) is 5.54. The summed E-state index contributed by atoms with van der Waals surface area (Å²) in [5, 5.41) is 0. The smallest absolute Gasteiger partial charge is 0.294 e. The Kier molecular flexibility index (Phi) is 6.86. The van der Waals surface area contributed by atoms with Crippen LogP contribution in [0.4, 0.5) is 10.4 Å². The van der Waals surface area contributed by atoms with Crippen LogP contribution in [0.3, 0.4) is 0 Å². The first-order chi connectivity index (χ1) is 7.95. The minimum Gasteiger partial charge on any atom is -0.399 e. The van der Waals surface area contributed by atoms with Crippen LogP contribution < -0.4 is 5.73 Å². The number of anilines is 1. The molecule has 0 aliphatic carbocycles. The van der Waals surface area contributed by atoms with Gasteiger partial charge in [0.05, 0.1) is 4.90 Å². The van der Waals surface area contributed by atoms with E-state index in [9.17, 15) is 8.42 Å². The summed E-state index contributed by atoms with van der Waals surface area (Å²) in [5.41, 5.74) is 6.74. The molecule has 0 heterocycles. The summed E-state index contributed by atoms with van der Waals surface area (Å²) < 4.78 is 31.4. The van der Waals surface area contributed by atoms with E-state index in [0.717, 1.165) is 25.7 Å². The van der Waals surface area contributed by atoms with Crippen molar-refractivity contribution in [1.29, 1.82) is 0 Å². The zero-order chi connectivity index (χ0) is 12.9. The molecular formula is C12H20FNO3S. The maximum atomic E-state index is 11.2. The summed E-state index contributed by atoms with van der Waals surface area (Å²) in [7, 11) is -4.15. The summed E-state index contributed by atoms with van der Waals surface area (Å²) in [6, 6.07) is 4.47. The van der Waals surface area contributed by atoms with E-state index in [1.807, 2.05) is 0 Å². The number of hydrogen-bond acceptors (Lipinski definition) is 3. The fourth-order valence-corrected chi connectivity index (χ4v) is 2.52. The Balaban J connectivity index is 0.00000289. The second-order valence-electron chi connectivity index (χ2n) is 4.15. The van der Waals surface area contributed by atoms with E-state index in [2.05, 4.69) is 6.92 Å². The van der Waals surface area contributed by atoms with Crippen LogP contribution in [0.25, 0.3) is 0 Å². The van der Waals surface area contributed by atoms with Crippen LogP contribution in [0.2, 0.25) is 0 Å². The van der Waals surface area contributed by atoms with Crippen LogP contribution in [0.15, 0.2) is 23.1 Å². The molecule has 1 aromatic rings. The maximum absolute atomic E-state index is 11.2. The lowest BCUT2D eigenvalue weighted by molar-refractivity contribution is 0.481. The molecule has 0 bridgehead atoms. The van der Waals surface area contributed by atoms with E-state index in [4.69, 9.17) is 10.3 Å². The van der Waals surface area contributed by atoms with Gasteiger partial charge in [-0.2, -0.15) is 8.42 Å². The van der Waals surface area contributed by atoms with Crippen molar-refractivity contribution in [2.75, 3.05) is 5.73 Å². The summed E-state index contributed by atoms with van der Waals surface area (Å²) in [6.45, 7) is 2.12. The van der Waals surface area contributed by atoms with E-state index in [0.29, 0.717) is 17.7 Å². The van der Waals surface area contributed by atoms with Gasteiger partial charge in [-0.05, 0) is 36.6 Å². The van der Waals surface area contributed by atoms with Gasteiger partial charge in [-0.1, -0.05) is 26.2 Å². The minimum atomic E-state index is -4.15. The van der Waals surface area contributed by atoms with E-state index in [1.165, 1.54) is 12.1 Å². The molecule has 0 aromatic heterocycles. The molecular weight excluding hydrogens is 257 g/mol. The molecule has 0 amide bonds. The zero-order valence-corrected chi connectivity index (χ0v) is 11.2. The van der Waals surface area contributed by atoms with E-state index >= 15 is 0 Å². The normalized spacial score (nSPS) is 11.0. The molecule has 1 rings (SSSR count). The molecule has 0 aliphatic rings. The first-order valence-electron chi connectivity index (χ1n) is 5.81. The number of halogens is 1. The molecule has 104 valence electrons. The summed E-state index contributed by atoms with van der Waals surface area (Å²) in [5.74, 6) is 0. The van der Waals surface area contributed by atoms with Gasteiger partial charge >= 0.3 is 0 Å². The lowest BCUT2D eigenvalue weighted by Gasteiger charge is -2.08. The third kappa shape index (κ3) is 5.01. The molecule has 0 radical (unpaired) electrons. The highest BCUT2D eigenvalue weighted by atomic mass is 32.2. The molecule has 0 saturated carbocycles. The van der Waals surface area contributed by atoms with E-state index in [-0.39, 0.29) is 9.60 Å². The Morgan fingerprint density at radius 3 is 2.44 bits per heavy atom. The van der Waals surface area contributed by atoms with Crippen molar-refractivity contribution >= 4 is 15.8 Å². The molecule has 4 nitrogen and oxygen atoms in total. The van der Waals surface area contributed by atoms with Crippen LogP contribution in [0.1, 0.15) is 38.2 Å². The van der Waals surface area contributed by atoms with Gasteiger partial charge < -0.3 is 5.73 Å². The Morgan fingerprint density at radius 1 is 1.22 bits per heavy atom. The van der Waals surface area contributed by atoms with Crippen LogP contribution >= 0.6 is 0 Å². The molecule has 0 fully saturated rings. The molecule has 0 saturated heterocycles. The number of benzene rings is 1. The van der Waals surface area contributed by atoms with Gasteiger partial charge in [0, 0.05) is 5.69 Å². The summed E-state index contributed by atoms with van der Waals surface area (Å²) in [4.78, 5) is -0.0248. The van der Waals surface area contributed by atoms with E-state index < -0.39 is 10.1 Å². The fourth-order valence-electron chi connectivity index (χ4n) is 1.79. The molecule has 1 aromatic carbocycles. The minimum absolute atomic E-state index is 0. The Hall–Kier alpha value is -1.14. The topological polar surface area (TPSA) is 80.4 Å². The van der Waals surface area contributed by atoms with Gasteiger partial charge in [0.15, 0.2) is 0 Å². The predicted molar refractivity (Wildman–Crippen MR) is 71.0 cm³/mol. The highest BCUT2D eigenvalue weighted by Crippen LogP contribution is 2.21. The quantitative estimate of drug-likeness (QED) is 0.476. The van der Waals surface area contributed by atoms with Gasteiger partial charge in [-0.3, -0.25) is 9.26 Å². The number of nitrogens with two attached hydrogens (primary N) is 1. The third-order valence-electron chi connectivity index (χ3n) is 2.66. The molecule has 0 aliphatic heterocycles. The average molecular weight is 277 g/mol. The van der Waals surface area contributed by atoms with Gasteiger partial charge in [0.2, 0.25) is 0 Å². The first kappa shape index (κ1) is 16.9. The molecule has 0 atom stereocenters. The van der Waals surface area contributed by atoms with Crippen LogP contribution in [0, 0.1) is 0 Å². The third-order valence-corrected chi connectivity index (χ3v) is 3.62. The van der Waals surface area contributed by atoms with Crippen molar-refractivity contribution in [3.63, 3.8) is 0 Å². The van der Waals surface area contributed by atoms with Crippen molar-refractivity contribution in [3.8, 4) is 0 Å². The van der Waals surface area contributed by atoms with Crippen molar-refractivity contribution in [2.45, 2.75) is 43.9 Å². The van der Waals surface area contributed by atoms with Crippen LogP contribution in [-0.2, 0) is 16.5 Å². The molecule has 0 spiro atoms. The number of hydrogen-bond donors (Lipinski definition) is 2. The second kappa shape index (κ2) is 7.33. The van der Waals surface area contributed by atoms with Gasteiger partial charge in [0.25, 0.3) is 10.1 Å². The fraction of sp³-hybridized carbons (Fsp3) is 0.500. The van der Waals surface area contributed by atoms with E-state index in [1.54, 1.807) is 6.07 Å². The van der Waals surface area contributed by atoms with Crippen molar-refractivity contribution in [1.82, 2.24) is 0 Å². The highest BCUT2D eigenvalue weighted by molar-refractivity contribution is 7.85. The lowest BCUT2D eigenvalue weighted by atomic mass is 10.1. The monoisotopic (exact) mass is 277 g/mol. The number of aryl methyl sites for hydroxylation is 1. The molecule has 18 heavy (non-hydrogen) atoms. The average Bonchev–Trinajstić information content (AvgIpc) is 2.23. The maximum Gasteiger partial charge on any atom is 0.294 e. The number of nitrogen functional groups attached to an aromatic ring is 1. The van der Waals surface area contributed by atoms with Gasteiger partial charge in [-0.25, -0.2) is 0 Å². The number of unbranched alkanes of at least 4 members (excludes halogenated alkanes) is 3. The van der Waals surface area contributed by atoms with Gasteiger partial charge in [-0.15, -0.1) is 0 Å². The van der Waals surface area contributed by atoms with Crippen LogP contribution in [-0.4, -0.2) is 13.0 Å². The van der Waals surface area contributed by atoms with Gasteiger partial charge in [0.1, 0.15) is 0 Å². The predicted octanol–water partition coefficient (Wildman–Crippen LogP) is 2.79. The first-order valence-corrected chi connectivity index (χ1v) is 7.25. The highest BCUT2D eigenvalue weighted by Gasteiger charge is 2.14. The number of rotatable bonds is 6. The van der Waals surface area contributed by atoms with Crippen molar-refractivity contribution in [3.05, 3.63) is 23.8 Å². The summed E-state index contributed by atoms with van der Waals surface area (Å²) in [6.07, 6.45) is 4.84.